The van der Waals surface area contributed by atoms with Gasteiger partial charge in [-0.25, -0.2) is 0 Å². The lowest BCUT2D eigenvalue weighted by Gasteiger charge is -2.25. The smallest absolute Gasteiger partial charge is 0.238 e. The second-order valence-electron chi connectivity index (χ2n) is 4.14. The van der Waals surface area contributed by atoms with Gasteiger partial charge in [0.2, 0.25) is 5.91 Å². The molecule has 2 rings (SSSR count). The average molecular weight is 266 g/mol. The zero-order valence-electron chi connectivity index (χ0n) is 10.5. The van der Waals surface area contributed by atoms with Crippen molar-refractivity contribution in [2.24, 2.45) is 0 Å². The van der Waals surface area contributed by atoms with Gasteiger partial charge in [-0.3, -0.25) is 9.69 Å². The topological polar surface area (TPSA) is 41.6 Å². The van der Waals surface area contributed by atoms with E-state index in [0.717, 1.165) is 23.7 Å². The minimum atomic E-state index is 0.0402. The highest BCUT2D eigenvalue weighted by Gasteiger charge is 2.14. The minimum absolute atomic E-state index is 0.0402. The fourth-order valence-corrected chi connectivity index (χ4v) is 2.45. The van der Waals surface area contributed by atoms with Gasteiger partial charge in [-0.15, -0.1) is 11.8 Å². The largest absolute Gasteiger partial charge is 0.379 e. The van der Waals surface area contributed by atoms with Crippen LogP contribution in [0.5, 0.6) is 0 Å². The Hall–Kier alpha value is -1.04. The number of carbonyl (C=O) groups excluding carboxylic acids is 1. The van der Waals surface area contributed by atoms with Crippen LogP contribution in [0.25, 0.3) is 0 Å². The summed E-state index contributed by atoms with van der Waals surface area (Å²) in [6.07, 6.45) is 2.01. The Bertz CT molecular complexity index is 406. The third-order valence-corrected chi connectivity index (χ3v) is 3.65. The molecule has 98 valence electrons. The number of ether oxygens (including phenoxy) is 1. The predicted molar refractivity (Wildman–Crippen MR) is 74.1 cm³/mol. The summed E-state index contributed by atoms with van der Waals surface area (Å²) in [6, 6.07) is 7.85. The molecule has 1 aliphatic rings. The van der Waals surface area contributed by atoms with Crippen molar-refractivity contribution in [1.29, 1.82) is 0 Å². The number of hydrogen-bond donors (Lipinski definition) is 1. The van der Waals surface area contributed by atoms with Gasteiger partial charge >= 0.3 is 0 Å². The Morgan fingerprint density at radius 3 is 2.83 bits per heavy atom. The Morgan fingerprint density at radius 1 is 1.39 bits per heavy atom. The standard InChI is InChI=1S/C13H18N2O2S/c1-18-12-5-3-2-4-11(12)14-13(16)10-15-6-8-17-9-7-15/h2-5H,6-10H2,1H3,(H,14,16). The van der Waals surface area contributed by atoms with E-state index in [1.165, 1.54) is 0 Å². The lowest BCUT2D eigenvalue weighted by atomic mass is 10.3. The van der Waals surface area contributed by atoms with Crippen LogP contribution in [-0.2, 0) is 9.53 Å². The first-order valence-electron chi connectivity index (χ1n) is 6.02. The van der Waals surface area contributed by atoms with Crippen LogP contribution in [0.4, 0.5) is 5.69 Å². The molecule has 1 aromatic rings. The Morgan fingerprint density at radius 2 is 2.11 bits per heavy atom. The molecule has 1 aliphatic heterocycles. The molecule has 1 aromatic carbocycles. The Labute approximate surface area is 112 Å². The van der Waals surface area contributed by atoms with E-state index in [1.807, 2.05) is 30.5 Å². The van der Waals surface area contributed by atoms with Crippen molar-refractivity contribution in [3.05, 3.63) is 24.3 Å². The highest BCUT2D eigenvalue weighted by molar-refractivity contribution is 7.98. The maximum absolute atomic E-state index is 11.9. The maximum Gasteiger partial charge on any atom is 0.238 e. The predicted octanol–water partition coefficient (Wildman–Crippen LogP) is 1.68. The number of thioether (sulfide) groups is 1. The molecule has 1 N–H and O–H groups in total. The van der Waals surface area contributed by atoms with Gasteiger partial charge in [0.25, 0.3) is 0 Å². The van der Waals surface area contributed by atoms with E-state index in [1.54, 1.807) is 11.8 Å². The molecule has 1 saturated heterocycles. The molecule has 0 spiro atoms. The van der Waals surface area contributed by atoms with Gasteiger partial charge < -0.3 is 10.1 Å². The molecular formula is C13H18N2O2S. The summed E-state index contributed by atoms with van der Waals surface area (Å²) in [7, 11) is 0. The molecule has 18 heavy (non-hydrogen) atoms. The van der Waals surface area contributed by atoms with Gasteiger partial charge in [-0.2, -0.15) is 0 Å². The fourth-order valence-electron chi connectivity index (χ4n) is 1.90. The summed E-state index contributed by atoms with van der Waals surface area (Å²) in [5, 5.41) is 2.97. The SMILES string of the molecule is CSc1ccccc1NC(=O)CN1CCOCC1. The summed E-state index contributed by atoms with van der Waals surface area (Å²) in [4.78, 5) is 15.1. The van der Waals surface area contributed by atoms with Gasteiger partial charge in [0.05, 0.1) is 25.4 Å². The van der Waals surface area contributed by atoms with E-state index >= 15 is 0 Å². The fraction of sp³-hybridized carbons (Fsp3) is 0.462. The molecule has 5 heteroatoms. The van der Waals surface area contributed by atoms with Gasteiger partial charge in [-0.1, -0.05) is 12.1 Å². The molecule has 1 heterocycles. The van der Waals surface area contributed by atoms with E-state index in [9.17, 15) is 4.79 Å². The lowest BCUT2D eigenvalue weighted by molar-refractivity contribution is -0.118. The number of hydrogen-bond acceptors (Lipinski definition) is 4. The Balaban J connectivity index is 1.90. The molecule has 4 nitrogen and oxygen atoms in total. The van der Waals surface area contributed by atoms with Crippen LogP contribution in [0.3, 0.4) is 0 Å². The molecular weight excluding hydrogens is 248 g/mol. The van der Waals surface area contributed by atoms with Gasteiger partial charge in [0, 0.05) is 18.0 Å². The highest BCUT2D eigenvalue weighted by Crippen LogP contribution is 2.24. The van der Waals surface area contributed by atoms with Crippen molar-refractivity contribution in [2.45, 2.75) is 4.90 Å². The summed E-state index contributed by atoms with van der Waals surface area (Å²) in [6.45, 7) is 3.53. The normalized spacial score (nSPS) is 16.5. The third-order valence-electron chi connectivity index (χ3n) is 2.85. The molecule has 0 bridgehead atoms. The molecule has 0 radical (unpaired) electrons. The summed E-state index contributed by atoms with van der Waals surface area (Å²) in [5.74, 6) is 0.0402. The second-order valence-corrected chi connectivity index (χ2v) is 4.99. The second kappa shape index (κ2) is 6.78. The van der Waals surface area contributed by atoms with E-state index in [-0.39, 0.29) is 5.91 Å². The van der Waals surface area contributed by atoms with Crippen molar-refractivity contribution < 1.29 is 9.53 Å². The van der Waals surface area contributed by atoms with Crippen LogP contribution in [-0.4, -0.2) is 49.9 Å². The van der Waals surface area contributed by atoms with Crippen molar-refractivity contribution >= 4 is 23.4 Å². The Kier molecular flexibility index (Phi) is 5.04. The van der Waals surface area contributed by atoms with Crippen LogP contribution in [0.2, 0.25) is 0 Å². The molecule has 1 fully saturated rings. The highest BCUT2D eigenvalue weighted by atomic mass is 32.2. The van der Waals surface area contributed by atoms with Crippen LogP contribution in [0.15, 0.2) is 29.2 Å². The quantitative estimate of drug-likeness (QED) is 0.842. The number of anilines is 1. The van der Waals surface area contributed by atoms with E-state index in [2.05, 4.69) is 10.2 Å². The number of benzene rings is 1. The first kappa shape index (κ1) is 13.4. The summed E-state index contributed by atoms with van der Waals surface area (Å²) < 4.78 is 5.26. The van der Waals surface area contributed by atoms with Crippen LogP contribution >= 0.6 is 11.8 Å². The van der Waals surface area contributed by atoms with Gasteiger partial charge in [0.15, 0.2) is 0 Å². The molecule has 0 atom stereocenters. The summed E-state index contributed by atoms with van der Waals surface area (Å²) in [5.41, 5.74) is 0.892. The number of morpholine rings is 1. The molecule has 0 saturated carbocycles. The first-order valence-corrected chi connectivity index (χ1v) is 7.25. The van der Waals surface area contributed by atoms with Crippen LogP contribution in [0, 0.1) is 0 Å². The third kappa shape index (κ3) is 3.73. The zero-order chi connectivity index (χ0) is 12.8. The number of carbonyl (C=O) groups is 1. The van der Waals surface area contributed by atoms with E-state index < -0.39 is 0 Å². The van der Waals surface area contributed by atoms with E-state index in [4.69, 9.17) is 4.74 Å². The minimum Gasteiger partial charge on any atom is -0.379 e. The number of rotatable bonds is 4. The van der Waals surface area contributed by atoms with Gasteiger partial charge in [0.1, 0.15) is 0 Å². The van der Waals surface area contributed by atoms with E-state index in [0.29, 0.717) is 19.8 Å². The van der Waals surface area contributed by atoms with Crippen LogP contribution in [0.1, 0.15) is 0 Å². The van der Waals surface area contributed by atoms with Crippen molar-refractivity contribution in [3.63, 3.8) is 0 Å². The van der Waals surface area contributed by atoms with Crippen molar-refractivity contribution in [1.82, 2.24) is 4.90 Å². The number of amides is 1. The van der Waals surface area contributed by atoms with Crippen molar-refractivity contribution in [2.75, 3.05) is 44.4 Å². The monoisotopic (exact) mass is 266 g/mol. The molecule has 1 amide bonds. The number of para-hydroxylation sites is 1. The number of nitrogens with zero attached hydrogens (tertiary/aromatic N) is 1. The summed E-state index contributed by atoms with van der Waals surface area (Å²) >= 11 is 1.64. The average Bonchev–Trinajstić information content (AvgIpc) is 2.40. The van der Waals surface area contributed by atoms with Gasteiger partial charge in [-0.05, 0) is 18.4 Å². The molecule has 0 unspecified atom stereocenters. The lowest BCUT2D eigenvalue weighted by Crippen LogP contribution is -2.41. The number of nitrogens with one attached hydrogen (secondary N) is 1. The van der Waals surface area contributed by atoms with Crippen LogP contribution < -0.4 is 5.32 Å². The van der Waals surface area contributed by atoms with Crippen molar-refractivity contribution in [3.8, 4) is 0 Å². The zero-order valence-corrected chi connectivity index (χ0v) is 11.3. The first-order chi connectivity index (χ1) is 8.79. The molecule has 0 aromatic heterocycles. The molecule has 0 aliphatic carbocycles. The maximum atomic E-state index is 11.9.